The van der Waals surface area contributed by atoms with Gasteiger partial charge in [0.2, 0.25) is 0 Å². The van der Waals surface area contributed by atoms with Crippen molar-refractivity contribution in [2.75, 3.05) is 0 Å². The maximum absolute atomic E-state index is 7.40. The van der Waals surface area contributed by atoms with E-state index in [1.54, 1.807) is 6.92 Å². The standard InChI is InChI=1S/C18H19N.C3H8/c1-14-11-12-18(16-8-4-3-5-9-16)13-17(14)10-6-7-15(2)19;1-3-2/h3-9,11-13,19H,10H2,1-2H3;3H2,1-2H3/b7-6-,19-15?;. The molecular weight excluding hydrogens is 266 g/mol. The van der Waals surface area contributed by atoms with Crippen LogP contribution in [0.1, 0.15) is 38.3 Å². The van der Waals surface area contributed by atoms with Crippen LogP contribution in [-0.4, -0.2) is 5.71 Å². The number of allylic oxidation sites excluding steroid dienone is 2. The van der Waals surface area contributed by atoms with Crippen molar-refractivity contribution >= 4 is 5.71 Å². The normalized spacial score (nSPS) is 10.2. The maximum Gasteiger partial charge on any atom is 0.0279 e. The third-order valence-electron chi connectivity index (χ3n) is 3.16. The minimum Gasteiger partial charge on any atom is -0.306 e. The molecule has 0 atom stereocenters. The molecule has 0 aliphatic carbocycles. The largest absolute Gasteiger partial charge is 0.306 e. The Bertz CT molecular complexity index is 609. The lowest BCUT2D eigenvalue weighted by Crippen LogP contribution is -1.90. The van der Waals surface area contributed by atoms with Gasteiger partial charge in [0.25, 0.3) is 0 Å². The Morgan fingerprint density at radius 3 is 2.23 bits per heavy atom. The van der Waals surface area contributed by atoms with Gasteiger partial charge < -0.3 is 5.41 Å². The first-order valence-electron chi connectivity index (χ1n) is 7.95. The zero-order valence-electron chi connectivity index (χ0n) is 14.2. The van der Waals surface area contributed by atoms with Crippen LogP contribution in [0.5, 0.6) is 0 Å². The van der Waals surface area contributed by atoms with Gasteiger partial charge in [-0.15, -0.1) is 0 Å². The predicted octanol–water partition coefficient (Wildman–Crippen LogP) is 6.22. The van der Waals surface area contributed by atoms with E-state index < -0.39 is 0 Å². The van der Waals surface area contributed by atoms with Gasteiger partial charge in [-0.2, -0.15) is 0 Å². The highest BCUT2D eigenvalue weighted by molar-refractivity contribution is 5.89. The zero-order valence-corrected chi connectivity index (χ0v) is 14.2. The summed E-state index contributed by atoms with van der Waals surface area (Å²) in [5.41, 5.74) is 5.71. The SMILES string of the molecule is CC(=N)/C=C\Cc1cc(-c2ccccc2)ccc1C.CCC. The fraction of sp³-hybridized carbons (Fsp3) is 0.286. The molecule has 2 aromatic carbocycles. The Morgan fingerprint density at radius 2 is 1.64 bits per heavy atom. The van der Waals surface area contributed by atoms with E-state index in [1.807, 2.05) is 12.1 Å². The van der Waals surface area contributed by atoms with Crippen LogP contribution in [0.4, 0.5) is 0 Å². The van der Waals surface area contributed by atoms with Gasteiger partial charge in [0.05, 0.1) is 0 Å². The van der Waals surface area contributed by atoms with Crippen LogP contribution in [0.3, 0.4) is 0 Å². The fourth-order valence-electron chi connectivity index (χ4n) is 2.06. The van der Waals surface area contributed by atoms with Crippen molar-refractivity contribution in [3.05, 3.63) is 71.8 Å². The minimum absolute atomic E-state index is 0.594. The highest BCUT2D eigenvalue weighted by Gasteiger charge is 2.01. The second-order valence-corrected chi connectivity index (χ2v) is 5.50. The number of benzene rings is 2. The Labute approximate surface area is 135 Å². The van der Waals surface area contributed by atoms with Gasteiger partial charge in [0.15, 0.2) is 0 Å². The Kier molecular flexibility index (Phi) is 7.91. The molecule has 0 radical (unpaired) electrons. The van der Waals surface area contributed by atoms with Crippen molar-refractivity contribution < 1.29 is 0 Å². The first-order valence-corrected chi connectivity index (χ1v) is 7.95. The van der Waals surface area contributed by atoms with Gasteiger partial charge in [0, 0.05) is 5.71 Å². The molecule has 1 heteroatoms. The van der Waals surface area contributed by atoms with Crippen LogP contribution in [0.25, 0.3) is 11.1 Å². The maximum atomic E-state index is 7.40. The van der Waals surface area contributed by atoms with E-state index in [4.69, 9.17) is 5.41 Å². The van der Waals surface area contributed by atoms with Gasteiger partial charge in [-0.25, -0.2) is 0 Å². The highest BCUT2D eigenvalue weighted by Crippen LogP contribution is 2.22. The molecule has 0 spiro atoms. The van der Waals surface area contributed by atoms with Crippen molar-refractivity contribution in [3.63, 3.8) is 0 Å². The molecule has 0 unspecified atom stereocenters. The number of aryl methyl sites for hydroxylation is 1. The summed E-state index contributed by atoms with van der Waals surface area (Å²) in [6, 6.07) is 17.0. The minimum atomic E-state index is 0.594. The number of rotatable bonds is 4. The van der Waals surface area contributed by atoms with Crippen LogP contribution < -0.4 is 0 Å². The quantitative estimate of drug-likeness (QED) is 0.647. The van der Waals surface area contributed by atoms with Crippen LogP contribution >= 0.6 is 0 Å². The average Bonchev–Trinajstić information content (AvgIpc) is 2.50. The highest BCUT2D eigenvalue weighted by atomic mass is 14.4. The molecule has 0 heterocycles. The Morgan fingerprint density at radius 1 is 1.00 bits per heavy atom. The van der Waals surface area contributed by atoms with E-state index in [1.165, 1.54) is 28.7 Å². The molecule has 2 aromatic rings. The van der Waals surface area contributed by atoms with E-state index in [-0.39, 0.29) is 0 Å². The van der Waals surface area contributed by atoms with Crippen LogP contribution in [0, 0.1) is 12.3 Å². The van der Waals surface area contributed by atoms with Crippen molar-refractivity contribution in [2.45, 2.75) is 40.5 Å². The second kappa shape index (κ2) is 9.73. The first-order chi connectivity index (χ1) is 10.6. The Hall–Kier alpha value is -2.15. The van der Waals surface area contributed by atoms with Gasteiger partial charge in [-0.3, -0.25) is 0 Å². The van der Waals surface area contributed by atoms with E-state index in [9.17, 15) is 0 Å². The van der Waals surface area contributed by atoms with Gasteiger partial charge in [-0.05, 0) is 48.6 Å². The van der Waals surface area contributed by atoms with Crippen molar-refractivity contribution in [1.82, 2.24) is 0 Å². The summed E-state index contributed by atoms with van der Waals surface area (Å²) in [6.07, 6.45) is 6.04. The first kappa shape index (κ1) is 17.9. The third kappa shape index (κ3) is 6.09. The molecular formula is C21H27N. The van der Waals surface area contributed by atoms with E-state index in [2.05, 4.69) is 69.3 Å². The van der Waals surface area contributed by atoms with Crippen LogP contribution in [-0.2, 0) is 6.42 Å². The molecule has 2 rings (SSSR count). The summed E-state index contributed by atoms with van der Waals surface area (Å²) >= 11 is 0. The fourth-order valence-corrected chi connectivity index (χ4v) is 2.06. The van der Waals surface area contributed by atoms with E-state index in [0.29, 0.717) is 5.71 Å². The van der Waals surface area contributed by atoms with Gasteiger partial charge in [0.1, 0.15) is 0 Å². The molecule has 22 heavy (non-hydrogen) atoms. The number of hydrogen-bond donors (Lipinski definition) is 1. The summed E-state index contributed by atoms with van der Waals surface area (Å²) < 4.78 is 0. The van der Waals surface area contributed by atoms with Crippen molar-refractivity contribution in [1.29, 1.82) is 5.41 Å². The second-order valence-electron chi connectivity index (χ2n) is 5.50. The number of hydrogen-bond acceptors (Lipinski definition) is 1. The summed E-state index contributed by atoms with van der Waals surface area (Å²) in [4.78, 5) is 0. The summed E-state index contributed by atoms with van der Waals surface area (Å²) in [5, 5.41) is 7.40. The lowest BCUT2D eigenvalue weighted by Gasteiger charge is -2.07. The van der Waals surface area contributed by atoms with Crippen LogP contribution in [0.15, 0.2) is 60.7 Å². The van der Waals surface area contributed by atoms with Crippen molar-refractivity contribution in [3.8, 4) is 11.1 Å². The molecule has 0 aliphatic rings. The monoisotopic (exact) mass is 293 g/mol. The molecule has 0 fully saturated rings. The van der Waals surface area contributed by atoms with Gasteiger partial charge >= 0.3 is 0 Å². The topological polar surface area (TPSA) is 23.9 Å². The van der Waals surface area contributed by atoms with E-state index >= 15 is 0 Å². The number of nitrogens with one attached hydrogen (secondary N) is 1. The summed E-state index contributed by atoms with van der Waals surface area (Å²) in [7, 11) is 0. The predicted molar refractivity (Wildman–Crippen MR) is 98.8 cm³/mol. The average molecular weight is 293 g/mol. The van der Waals surface area contributed by atoms with Crippen LogP contribution in [0.2, 0.25) is 0 Å². The smallest absolute Gasteiger partial charge is 0.0279 e. The lowest BCUT2D eigenvalue weighted by molar-refractivity contribution is 1.09. The molecule has 0 saturated heterocycles. The molecule has 0 bridgehead atoms. The van der Waals surface area contributed by atoms with Gasteiger partial charge in [-0.1, -0.05) is 74.9 Å². The van der Waals surface area contributed by atoms with E-state index in [0.717, 1.165) is 6.42 Å². The summed E-state index contributed by atoms with van der Waals surface area (Å²) in [6.45, 7) is 8.18. The molecule has 1 N–H and O–H groups in total. The molecule has 116 valence electrons. The molecule has 0 aromatic heterocycles. The lowest BCUT2D eigenvalue weighted by atomic mass is 9.98. The molecule has 0 amide bonds. The molecule has 1 nitrogen and oxygen atoms in total. The van der Waals surface area contributed by atoms with Crippen molar-refractivity contribution in [2.24, 2.45) is 0 Å². The summed E-state index contributed by atoms with van der Waals surface area (Å²) in [5.74, 6) is 0. The zero-order chi connectivity index (χ0) is 16.4. The Balaban J connectivity index is 0.000000745. The third-order valence-corrected chi connectivity index (χ3v) is 3.16. The molecule has 0 aliphatic heterocycles. The molecule has 0 saturated carbocycles.